The van der Waals surface area contributed by atoms with Crippen LogP contribution in [0.1, 0.15) is 34.2 Å². The molecule has 2 heterocycles. The highest BCUT2D eigenvalue weighted by atomic mass is 32.2. The Morgan fingerprint density at radius 2 is 1.97 bits per heavy atom. The summed E-state index contributed by atoms with van der Waals surface area (Å²) in [4.78, 5) is 14.0. The van der Waals surface area contributed by atoms with Crippen molar-refractivity contribution in [1.29, 1.82) is 0 Å². The van der Waals surface area contributed by atoms with Gasteiger partial charge in [0.2, 0.25) is 11.6 Å². The number of nitrogens with two attached hydrogens (primary N) is 1. The van der Waals surface area contributed by atoms with Gasteiger partial charge in [-0.05, 0) is 48.4 Å². The van der Waals surface area contributed by atoms with Crippen LogP contribution in [0.4, 0.5) is 5.82 Å². The maximum Gasteiger partial charge on any atom is 0.293 e. The monoisotopic (exact) mass is 478 g/mol. The summed E-state index contributed by atoms with van der Waals surface area (Å²) < 4.78 is 11.4. The molecule has 174 valence electrons. The normalized spacial score (nSPS) is 11.4. The number of benzene rings is 2. The molecule has 12 heteroatoms. The zero-order valence-corrected chi connectivity index (χ0v) is 19.5. The minimum Gasteiger partial charge on any atom is -0.496 e. The Balaban J connectivity index is 1.61. The van der Waals surface area contributed by atoms with Crippen LogP contribution in [0.25, 0.3) is 5.82 Å². The maximum atomic E-state index is 13.0. The third kappa shape index (κ3) is 4.91. The lowest BCUT2D eigenvalue weighted by Gasteiger charge is -2.08. The number of nitrogens with one attached hydrogen (secondary N) is 1. The van der Waals surface area contributed by atoms with Gasteiger partial charge in [0.25, 0.3) is 5.91 Å². The first-order valence-electron chi connectivity index (χ1n) is 10.2. The molecule has 2 aromatic carbocycles. The molecule has 0 atom stereocenters. The fraction of sp³-hybridized carbons (Fsp3) is 0.182. The number of nitrogen functional groups attached to an aromatic ring is 1. The van der Waals surface area contributed by atoms with E-state index in [2.05, 4.69) is 31.2 Å². The molecule has 0 radical (unpaired) electrons. The van der Waals surface area contributed by atoms with Crippen molar-refractivity contribution in [2.75, 3.05) is 12.8 Å². The van der Waals surface area contributed by atoms with Crippen LogP contribution in [0.2, 0.25) is 0 Å². The van der Waals surface area contributed by atoms with Crippen LogP contribution < -0.4 is 15.9 Å². The van der Waals surface area contributed by atoms with Gasteiger partial charge in [0.05, 0.1) is 18.5 Å². The molecule has 3 N–H and O–H groups in total. The highest BCUT2D eigenvalue weighted by Gasteiger charge is 2.24. The van der Waals surface area contributed by atoms with E-state index in [0.717, 1.165) is 16.0 Å². The Bertz CT molecular complexity index is 1330. The lowest BCUT2D eigenvalue weighted by atomic mass is 10.1. The number of amides is 1. The number of thioether (sulfide) groups is 1. The second kappa shape index (κ2) is 10.2. The predicted octanol–water partition coefficient (Wildman–Crippen LogP) is 3.00. The summed E-state index contributed by atoms with van der Waals surface area (Å²) in [6.45, 7) is 3.79. The second-order valence-corrected chi connectivity index (χ2v) is 8.26. The van der Waals surface area contributed by atoms with E-state index in [1.54, 1.807) is 14.0 Å². The molecule has 4 rings (SSSR count). The van der Waals surface area contributed by atoms with Gasteiger partial charge < -0.3 is 10.5 Å². The van der Waals surface area contributed by atoms with Crippen LogP contribution in [-0.2, 0) is 5.75 Å². The summed E-state index contributed by atoms with van der Waals surface area (Å²) in [5.41, 5.74) is 11.4. The van der Waals surface area contributed by atoms with E-state index in [-0.39, 0.29) is 17.3 Å². The lowest BCUT2D eigenvalue weighted by Crippen LogP contribution is -2.21. The number of hydrogen-bond donors (Lipinski definition) is 2. The molecular formula is C22H22N8O3S. The molecule has 0 aliphatic carbocycles. The predicted molar refractivity (Wildman–Crippen MR) is 127 cm³/mol. The van der Waals surface area contributed by atoms with E-state index in [4.69, 9.17) is 15.1 Å². The molecule has 4 aromatic rings. The van der Waals surface area contributed by atoms with Crippen molar-refractivity contribution in [3.05, 3.63) is 71.0 Å². The van der Waals surface area contributed by atoms with Crippen LogP contribution in [0.5, 0.6) is 5.75 Å². The molecule has 0 saturated carbocycles. The van der Waals surface area contributed by atoms with E-state index in [1.807, 2.05) is 55.5 Å². The Morgan fingerprint density at radius 3 is 2.68 bits per heavy atom. The van der Waals surface area contributed by atoms with Gasteiger partial charge in [-0.1, -0.05) is 35.0 Å². The third-order valence-electron chi connectivity index (χ3n) is 4.89. The number of carbonyl (C=O) groups excluding carboxylic acids is 1. The van der Waals surface area contributed by atoms with E-state index < -0.39 is 5.91 Å². The van der Waals surface area contributed by atoms with Gasteiger partial charge in [-0.2, -0.15) is 9.78 Å². The first-order chi connectivity index (χ1) is 16.5. The van der Waals surface area contributed by atoms with Crippen molar-refractivity contribution < 1.29 is 14.2 Å². The van der Waals surface area contributed by atoms with Gasteiger partial charge in [-0.3, -0.25) is 4.79 Å². The summed E-state index contributed by atoms with van der Waals surface area (Å²) in [5, 5.41) is 19.7. The molecule has 0 bridgehead atoms. The third-order valence-corrected chi connectivity index (χ3v) is 5.92. The highest BCUT2D eigenvalue weighted by molar-refractivity contribution is 7.98. The number of aromatic nitrogens is 5. The average Bonchev–Trinajstić information content (AvgIpc) is 3.47. The number of hydrazone groups is 1. The number of nitrogens with zero attached hydrogens (tertiary/aromatic N) is 6. The number of methoxy groups -OCH3 is 1. The summed E-state index contributed by atoms with van der Waals surface area (Å²) in [7, 11) is 1.57. The SMILES string of the molecule is COc1ccccc1C(C)=NNC(=O)c1nnn(-c2nonc2N)c1CSc1ccc(C)cc1. The minimum absolute atomic E-state index is 0.0310. The molecule has 2 aromatic heterocycles. The topological polar surface area (TPSA) is 146 Å². The number of ether oxygens (including phenoxy) is 1. The van der Waals surface area contributed by atoms with Crippen molar-refractivity contribution in [2.24, 2.45) is 5.10 Å². The number of carbonyl (C=O) groups is 1. The standard InChI is InChI=1S/C22H22N8O3S/c1-13-8-10-15(11-9-13)34-12-17-19(25-29-30(17)21-20(23)27-33-28-21)22(31)26-24-14(2)16-6-4-5-7-18(16)32-3/h4-11H,12H2,1-3H3,(H2,23,27)(H,26,31). The van der Waals surface area contributed by atoms with Gasteiger partial charge in [-0.15, -0.1) is 16.9 Å². The highest BCUT2D eigenvalue weighted by Crippen LogP contribution is 2.26. The van der Waals surface area contributed by atoms with Crippen molar-refractivity contribution in [3.8, 4) is 11.6 Å². The van der Waals surface area contributed by atoms with Crippen LogP contribution in [0.3, 0.4) is 0 Å². The largest absolute Gasteiger partial charge is 0.496 e. The molecule has 1 amide bonds. The number of hydrogen-bond acceptors (Lipinski definition) is 10. The van der Waals surface area contributed by atoms with Gasteiger partial charge in [0, 0.05) is 16.2 Å². The minimum atomic E-state index is -0.532. The second-order valence-electron chi connectivity index (χ2n) is 7.21. The van der Waals surface area contributed by atoms with Crippen molar-refractivity contribution >= 4 is 29.2 Å². The Morgan fingerprint density at radius 1 is 1.21 bits per heavy atom. The maximum absolute atomic E-state index is 13.0. The van der Waals surface area contributed by atoms with Crippen LogP contribution >= 0.6 is 11.8 Å². The summed E-state index contributed by atoms with van der Waals surface area (Å²) in [6.07, 6.45) is 0. The van der Waals surface area contributed by atoms with E-state index in [9.17, 15) is 4.79 Å². The number of anilines is 1. The van der Waals surface area contributed by atoms with Gasteiger partial charge in [-0.25, -0.2) is 10.1 Å². The summed E-state index contributed by atoms with van der Waals surface area (Å²) in [5.74, 6) is 0.659. The van der Waals surface area contributed by atoms with Crippen LogP contribution in [-0.4, -0.2) is 44.0 Å². The van der Waals surface area contributed by atoms with Crippen molar-refractivity contribution in [3.63, 3.8) is 0 Å². The van der Waals surface area contributed by atoms with Gasteiger partial charge >= 0.3 is 0 Å². The van der Waals surface area contributed by atoms with E-state index >= 15 is 0 Å². The number of aryl methyl sites for hydroxylation is 1. The summed E-state index contributed by atoms with van der Waals surface area (Å²) in [6, 6.07) is 15.4. The fourth-order valence-corrected chi connectivity index (χ4v) is 3.98. The van der Waals surface area contributed by atoms with Crippen LogP contribution in [0, 0.1) is 6.92 Å². The molecule has 11 nitrogen and oxygen atoms in total. The summed E-state index contributed by atoms with van der Waals surface area (Å²) >= 11 is 1.51. The Hall–Kier alpha value is -4.19. The Kier molecular flexibility index (Phi) is 6.87. The number of rotatable bonds is 8. The Labute approximate surface area is 199 Å². The first-order valence-corrected chi connectivity index (χ1v) is 11.2. The molecule has 0 aliphatic heterocycles. The van der Waals surface area contributed by atoms with Crippen LogP contribution in [0.15, 0.2) is 63.2 Å². The smallest absolute Gasteiger partial charge is 0.293 e. The molecule has 0 unspecified atom stereocenters. The molecular weight excluding hydrogens is 456 g/mol. The average molecular weight is 479 g/mol. The lowest BCUT2D eigenvalue weighted by molar-refractivity contribution is 0.0949. The molecule has 34 heavy (non-hydrogen) atoms. The zero-order chi connectivity index (χ0) is 24.1. The van der Waals surface area contributed by atoms with Crippen molar-refractivity contribution in [2.45, 2.75) is 24.5 Å². The zero-order valence-electron chi connectivity index (χ0n) is 18.7. The quantitative estimate of drug-likeness (QED) is 0.222. The molecule has 0 spiro atoms. The van der Waals surface area contributed by atoms with Crippen molar-refractivity contribution in [1.82, 2.24) is 30.7 Å². The van der Waals surface area contributed by atoms with Gasteiger partial charge in [0.15, 0.2) is 5.69 Å². The number of para-hydroxylation sites is 1. The first kappa shape index (κ1) is 23.0. The molecule has 0 fully saturated rings. The molecule has 0 saturated heterocycles. The van der Waals surface area contributed by atoms with Gasteiger partial charge in [0.1, 0.15) is 5.75 Å². The molecule has 0 aliphatic rings. The fourth-order valence-electron chi connectivity index (χ4n) is 3.09. The van der Waals surface area contributed by atoms with E-state index in [0.29, 0.717) is 22.9 Å². The van der Waals surface area contributed by atoms with E-state index in [1.165, 1.54) is 16.4 Å².